The third-order valence-electron chi connectivity index (χ3n) is 2.78. The third kappa shape index (κ3) is 13.7. The molecular formula is C14H27ClO2. The fourth-order valence-corrected chi connectivity index (χ4v) is 1.92. The molecule has 0 aliphatic rings. The third-order valence-corrected chi connectivity index (χ3v) is 2.87. The van der Waals surface area contributed by atoms with Crippen LogP contribution in [0, 0.1) is 0 Å². The van der Waals surface area contributed by atoms with Gasteiger partial charge in [0.2, 0.25) is 0 Å². The zero-order valence-electron chi connectivity index (χ0n) is 11.3. The van der Waals surface area contributed by atoms with Gasteiger partial charge in [-0.15, -0.1) is 0 Å². The van der Waals surface area contributed by atoms with Crippen LogP contribution in [0.4, 0.5) is 0 Å². The molecule has 102 valence electrons. The van der Waals surface area contributed by atoms with Crippen LogP contribution in [-0.2, 0) is 9.53 Å². The van der Waals surface area contributed by atoms with Gasteiger partial charge in [-0.05, 0) is 13.3 Å². The summed E-state index contributed by atoms with van der Waals surface area (Å²) in [6, 6.07) is 0. The van der Waals surface area contributed by atoms with E-state index < -0.39 is 5.56 Å². The lowest BCUT2D eigenvalue weighted by atomic mass is 10.1. The van der Waals surface area contributed by atoms with Gasteiger partial charge >= 0.3 is 5.97 Å². The van der Waals surface area contributed by atoms with Crippen molar-refractivity contribution >= 4 is 17.6 Å². The van der Waals surface area contributed by atoms with E-state index in [1.165, 1.54) is 44.9 Å². The number of hydrogen-bond acceptors (Lipinski definition) is 2. The molecule has 0 fully saturated rings. The fraction of sp³-hybridized carbons (Fsp3) is 0.929. The summed E-state index contributed by atoms with van der Waals surface area (Å²) in [5.74, 6) is -0.171. The highest BCUT2D eigenvalue weighted by Gasteiger charge is 2.05. The number of unbranched alkanes of at least 4 members (excludes halogenated alkanes) is 8. The zero-order valence-corrected chi connectivity index (χ0v) is 12.1. The average Bonchev–Trinajstić information content (AvgIpc) is 2.26. The van der Waals surface area contributed by atoms with Crippen LogP contribution in [0.2, 0.25) is 0 Å². The van der Waals surface area contributed by atoms with Crippen LogP contribution in [0.1, 0.15) is 78.1 Å². The number of esters is 1. The number of halogens is 1. The Morgan fingerprint density at radius 3 is 1.94 bits per heavy atom. The first kappa shape index (κ1) is 16.8. The van der Waals surface area contributed by atoms with E-state index in [9.17, 15) is 4.79 Å². The summed E-state index contributed by atoms with van der Waals surface area (Å²) in [4.78, 5) is 11.2. The van der Waals surface area contributed by atoms with Crippen LogP contribution in [-0.4, -0.2) is 11.5 Å². The van der Waals surface area contributed by atoms with Gasteiger partial charge in [0.15, 0.2) is 5.56 Å². The maximum Gasteiger partial charge on any atom is 0.307 e. The number of rotatable bonds is 11. The molecule has 0 heterocycles. The van der Waals surface area contributed by atoms with E-state index in [2.05, 4.69) is 6.92 Å². The Hall–Kier alpha value is -0.240. The topological polar surface area (TPSA) is 26.3 Å². The van der Waals surface area contributed by atoms with Crippen LogP contribution in [0.25, 0.3) is 0 Å². The molecule has 0 aliphatic carbocycles. The molecule has 17 heavy (non-hydrogen) atoms. The highest BCUT2D eigenvalue weighted by molar-refractivity contribution is 6.19. The summed E-state index contributed by atoms with van der Waals surface area (Å²) in [6.45, 7) is 3.90. The van der Waals surface area contributed by atoms with E-state index in [1.807, 2.05) is 0 Å². The predicted molar refractivity (Wildman–Crippen MR) is 73.3 cm³/mol. The van der Waals surface area contributed by atoms with Crippen molar-refractivity contribution in [3.63, 3.8) is 0 Å². The second kappa shape index (κ2) is 12.2. The molecule has 2 nitrogen and oxygen atoms in total. The van der Waals surface area contributed by atoms with Crippen molar-refractivity contribution in [1.82, 2.24) is 0 Å². The minimum absolute atomic E-state index is 0.171. The van der Waals surface area contributed by atoms with Crippen molar-refractivity contribution in [3.8, 4) is 0 Å². The summed E-state index contributed by atoms with van der Waals surface area (Å²) in [6.07, 6.45) is 11.8. The summed E-state index contributed by atoms with van der Waals surface area (Å²) >= 11 is 5.55. The van der Waals surface area contributed by atoms with Crippen molar-refractivity contribution < 1.29 is 9.53 Å². The van der Waals surface area contributed by atoms with Crippen molar-refractivity contribution in [1.29, 1.82) is 0 Å². The smallest absolute Gasteiger partial charge is 0.307 e. The molecule has 0 rings (SSSR count). The lowest BCUT2D eigenvalue weighted by molar-refractivity contribution is -0.144. The fourth-order valence-electron chi connectivity index (χ4n) is 1.82. The molecule has 0 spiro atoms. The Balaban J connectivity index is 3.10. The van der Waals surface area contributed by atoms with Gasteiger partial charge in [0.05, 0.1) is 0 Å². The van der Waals surface area contributed by atoms with E-state index in [0.29, 0.717) is 6.42 Å². The number of hydrogen-bond donors (Lipinski definition) is 0. The second-order valence-electron chi connectivity index (χ2n) is 4.61. The molecule has 0 unspecified atom stereocenters. The normalized spacial score (nSPS) is 12.4. The highest BCUT2D eigenvalue weighted by Crippen LogP contribution is 2.11. The molecule has 3 heteroatoms. The standard InChI is InChI=1S/C14H27ClO2/c1-3-4-5-6-7-8-9-10-11-12-14(16)17-13(2)15/h13H,3-12H2,1-2H3/t13-/m1/s1. The minimum Gasteiger partial charge on any atom is -0.446 e. The maximum atomic E-state index is 11.2. The summed E-state index contributed by atoms with van der Waals surface area (Å²) < 4.78 is 4.85. The van der Waals surface area contributed by atoms with E-state index in [4.69, 9.17) is 16.3 Å². The number of ether oxygens (including phenoxy) is 1. The predicted octanol–water partition coefficient (Wildman–Crippen LogP) is 5.04. The van der Waals surface area contributed by atoms with Gasteiger partial charge in [0, 0.05) is 6.42 Å². The molecule has 0 bridgehead atoms. The number of alkyl halides is 1. The first-order valence-electron chi connectivity index (χ1n) is 7.00. The molecular weight excluding hydrogens is 236 g/mol. The van der Waals surface area contributed by atoms with Crippen LogP contribution >= 0.6 is 11.6 Å². The van der Waals surface area contributed by atoms with Crippen molar-refractivity contribution in [2.24, 2.45) is 0 Å². The Bertz CT molecular complexity index is 181. The van der Waals surface area contributed by atoms with Gasteiger partial charge in [0.25, 0.3) is 0 Å². The Morgan fingerprint density at radius 1 is 1.00 bits per heavy atom. The lowest BCUT2D eigenvalue weighted by Gasteiger charge is -2.05. The van der Waals surface area contributed by atoms with E-state index in [1.54, 1.807) is 6.92 Å². The van der Waals surface area contributed by atoms with Gasteiger partial charge in [-0.1, -0.05) is 69.9 Å². The molecule has 0 radical (unpaired) electrons. The number of carbonyl (C=O) groups is 1. The Morgan fingerprint density at radius 2 is 1.47 bits per heavy atom. The van der Waals surface area contributed by atoms with Crippen LogP contribution in [0.3, 0.4) is 0 Å². The summed E-state index contributed by atoms with van der Waals surface area (Å²) in [5.41, 5.74) is -0.499. The molecule has 0 aromatic heterocycles. The van der Waals surface area contributed by atoms with E-state index >= 15 is 0 Å². The molecule has 0 saturated heterocycles. The van der Waals surface area contributed by atoms with Gasteiger partial charge in [-0.25, -0.2) is 0 Å². The highest BCUT2D eigenvalue weighted by atomic mass is 35.5. The molecule has 0 aromatic carbocycles. The summed E-state index contributed by atoms with van der Waals surface area (Å²) in [5, 5.41) is 0. The Labute approximate surface area is 111 Å². The monoisotopic (exact) mass is 262 g/mol. The molecule has 0 aromatic rings. The van der Waals surface area contributed by atoms with Gasteiger partial charge in [-0.3, -0.25) is 4.79 Å². The van der Waals surface area contributed by atoms with E-state index in [-0.39, 0.29) is 5.97 Å². The average molecular weight is 263 g/mol. The first-order valence-corrected chi connectivity index (χ1v) is 7.44. The van der Waals surface area contributed by atoms with Gasteiger partial charge in [0.1, 0.15) is 0 Å². The van der Waals surface area contributed by atoms with Crippen LogP contribution in [0.5, 0.6) is 0 Å². The molecule has 0 saturated carbocycles. The van der Waals surface area contributed by atoms with Gasteiger partial charge in [-0.2, -0.15) is 0 Å². The quantitative estimate of drug-likeness (QED) is 0.296. The molecule has 0 amide bonds. The Kier molecular flexibility index (Phi) is 12.1. The molecule has 0 N–H and O–H groups in total. The van der Waals surface area contributed by atoms with Gasteiger partial charge < -0.3 is 4.74 Å². The molecule has 1 atom stereocenters. The van der Waals surface area contributed by atoms with Crippen LogP contribution in [0.15, 0.2) is 0 Å². The largest absolute Gasteiger partial charge is 0.446 e. The van der Waals surface area contributed by atoms with Crippen molar-refractivity contribution in [2.45, 2.75) is 83.6 Å². The summed E-state index contributed by atoms with van der Waals surface area (Å²) in [7, 11) is 0. The first-order chi connectivity index (χ1) is 8.16. The zero-order chi connectivity index (χ0) is 12.9. The van der Waals surface area contributed by atoms with Crippen molar-refractivity contribution in [3.05, 3.63) is 0 Å². The molecule has 0 aliphatic heterocycles. The van der Waals surface area contributed by atoms with Crippen LogP contribution < -0.4 is 0 Å². The van der Waals surface area contributed by atoms with E-state index in [0.717, 1.165) is 12.8 Å². The lowest BCUT2D eigenvalue weighted by Crippen LogP contribution is -2.08. The minimum atomic E-state index is -0.499. The van der Waals surface area contributed by atoms with Crippen molar-refractivity contribution in [2.75, 3.05) is 0 Å². The SMILES string of the molecule is CCCCCCCCCCCC(=O)O[C@H](C)Cl. The number of carbonyl (C=O) groups excluding carboxylic acids is 1. The maximum absolute atomic E-state index is 11.2. The second-order valence-corrected chi connectivity index (χ2v) is 5.23.